The highest BCUT2D eigenvalue weighted by atomic mass is 32.2. The number of fused-ring (bicyclic) bond motifs is 5. The molecule has 6 fully saturated rings. The summed E-state index contributed by atoms with van der Waals surface area (Å²) in [6, 6.07) is -2.66. The fraction of sp³-hybridized carbons (Fsp3) is 0.853. The number of urea groups is 1. The normalized spacial score (nSPS) is 44.9. The molecule has 5 aliphatic heterocycles. The molecule has 12 nitrogen and oxygen atoms in total. The van der Waals surface area contributed by atoms with Crippen LogP contribution in [0.4, 0.5) is 13.6 Å². The van der Waals surface area contributed by atoms with Gasteiger partial charge in [-0.2, -0.15) is 6.57 Å². The summed E-state index contributed by atoms with van der Waals surface area (Å²) in [5, 5.41) is 13.3. The van der Waals surface area contributed by atoms with Gasteiger partial charge < -0.3 is 25.8 Å². The molecule has 0 radical (unpaired) electrons. The molecule has 1 aliphatic carbocycles. The first-order chi connectivity index (χ1) is 23.4. The maximum absolute atomic E-state index is 16.8. The van der Waals surface area contributed by atoms with E-state index in [1.54, 1.807) is 9.80 Å². The lowest BCUT2D eigenvalue weighted by Gasteiger charge is -2.60. The largest absolute Gasteiger partial charge is 0.334 e. The number of nitrogens with one attached hydrogen (secondary N) is 4. The van der Waals surface area contributed by atoms with Crippen LogP contribution in [-0.2, 0) is 14.5 Å². The van der Waals surface area contributed by atoms with Crippen LogP contribution in [0.5, 0.6) is 0 Å². The van der Waals surface area contributed by atoms with Crippen molar-refractivity contribution in [1.29, 1.82) is 0 Å². The van der Waals surface area contributed by atoms with Crippen LogP contribution in [0, 0.1) is 24.3 Å². The summed E-state index contributed by atoms with van der Waals surface area (Å²) >= 11 is 0. The Morgan fingerprint density at radius 1 is 1.08 bits per heavy atom. The molecule has 3 amide bonds. The zero-order valence-corrected chi connectivity index (χ0v) is 30.1. The number of alkyl halides is 2. The fourth-order valence-electron chi connectivity index (χ4n) is 10.0. The number of hydrogen-bond donors (Lipinski definition) is 4. The van der Waals surface area contributed by atoms with Crippen molar-refractivity contribution in [3.05, 3.63) is 24.2 Å². The van der Waals surface area contributed by atoms with Crippen molar-refractivity contribution in [2.24, 2.45) is 22.2 Å². The second-order valence-corrected chi connectivity index (χ2v) is 18.1. The maximum Gasteiger partial charge on any atom is 0.320 e. The van der Waals surface area contributed by atoms with E-state index < -0.39 is 63.6 Å². The third kappa shape index (κ3) is 6.72. The summed E-state index contributed by atoms with van der Waals surface area (Å²) in [7, 11) is -3.11. The molecule has 1 saturated carbocycles. The van der Waals surface area contributed by atoms with Crippen molar-refractivity contribution in [1.82, 2.24) is 36.0 Å². The molecule has 49 heavy (non-hydrogen) atoms. The first-order valence-corrected chi connectivity index (χ1v) is 20.0. The number of rotatable bonds is 3. The van der Waals surface area contributed by atoms with Gasteiger partial charge in [-0.05, 0) is 77.5 Å². The molecule has 274 valence electrons. The molecule has 2 bridgehead atoms. The zero-order chi connectivity index (χ0) is 35.2. The van der Waals surface area contributed by atoms with Crippen molar-refractivity contribution in [2.45, 2.75) is 132 Å². The number of hydrogen-bond acceptors (Lipinski definition) is 8. The number of piperazine rings is 1. The predicted octanol–water partition coefficient (Wildman–Crippen LogP) is 2.64. The lowest BCUT2D eigenvalue weighted by Crippen LogP contribution is -2.81. The van der Waals surface area contributed by atoms with Crippen molar-refractivity contribution < 1.29 is 22.6 Å². The Bertz CT molecular complexity index is 1420. The van der Waals surface area contributed by atoms with Crippen LogP contribution in [0.1, 0.15) is 66.2 Å². The van der Waals surface area contributed by atoms with Gasteiger partial charge in [-0.25, -0.2) is 17.8 Å². The fourth-order valence-corrected chi connectivity index (χ4v) is 12.4. The van der Waals surface area contributed by atoms with Crippen LogP contribution in [0.2, 0.25) is 0 Å². The van der Waals surface area contributed by atoms with Gasteiger partial charge in [0.2, 0.25) is 5.91 Å². The topological polar surface area (TPSA) is 126 Å². The van der Waals surface area contributed by atoms with E-state index in [0.29, 0.717) is 58.3 Å². The molecule has 4 N–H and O–H groups in total. The van der Waals surface area contributed by atoms with Gasteiger partial charge in [-0.15, -0.1) is 4.95 Å². The number of nitrogens with zero attached hydrogens (tertiary/aromatic N) is 5. The van der Waals surface area contributed by atoms with E-state index in [-0.39, 0.29) is 54.2 Å². The predicted molar refractivity (Wildman–Crippen MR) is 185 cm³/mol. The van der Waals surface area contributed by atoms with E-state index in [1.165, 1.54) is 6.08 Å². The summed E-state index contributed by atoms with van der Waals surface area (Å²) in [6.07, 6.45) is 0.276. The minimum atomic E-state index is -3.11. The van der Waals surface area contributed by atoms with E-state index >= 15 is 8.78 Å². The maximum atomic E-state index is 16.8. The molecular formula is C34H55F2N9O3S. The van der Waals surface area contributed by atoms with Crippen LogP contribution in [0.15, 0.2) is 17.1 Å². The minimum Gasteiger partial charge on any atom is -0.334 e. The Kier molecular flexibility index (Phi) is 10.9. The summed E-state index contributed by atoms with van der Waals surface area (Å²) in [5.41, 5.74) is 0. The molecule has 6 rings (SSSR count). The van der Waals surface area contributed by atoms with E-state index in [0.717, 1.165) is 0 Å². The Morgan fingerprint density at radius 3 is 2.57 bits per heavy atom. The highest BCUT2D eigenvalue weighted by molar-refractivity contribution is 7.94. The van der Waals surface area contributed by atoms with Gasteiger partial charge in [-0.3, -0.25) is 15.0 Å². The highest BCUT2D eigenvalue weighted by Gasteiger charge is 2.59. The number of halogens is 2. The molecular weight excluding hydrogens is 652 g/mol. The number of carbonyl (C=O) groups is 2. The molecule has 15 heteroatoms. The van der Waals surface area contributed by atoms with Gasteiger partial charge in [0.15, 0.2) is 0 Å². The molecule has 0 spiro atoms. The molecule has 5 heterocycles. The summed E-state index contributed by atoms with van der Waals surface area (Å²) in [4.78, 5) is 36.4. The second kappa shape index (κ2) is 14.7. The summed E-state index contributed by atoms with van der Waals surface area (Å²) in [6.45, 7) is 21.3. The molecule has 0 aromatic rings. The standard InChI is InChI=1S/C34H55F2N9O3S/c1-7-27(46)43-17-21(5)44(18-20(43)4)32-22-16-24(36)30-28-23(35)10-8-11-25(28)38-13-9-15-49(48,42-37-6)26-12-14-39-29(19(2)3)31(26)45(33(22)40-30)34(47)41-32/h7,19-26,28-33,38-40H,1,8-18H2,2-5H3,(H,41,47)/t20-,21+,22?,23?,24?,25?,26?,28?,29?,30?,31?,32?,33?,49?/m1/s1. The Hall–Kier alpha value is -2.38. The smallest absolute Gasteiger partial charge is 0.320 e. The molecule has 0 aromatic carbocycles. The van der Waals surface area contributed by atoms with Crippen LogP contribution in [-0.4, -0.2) is 129 Å². The van der Waals surface area contributed by atoms with Crippen LogP contribution in [0.25, 0.3) is 4.95 Å². The monoisotopic (exact) mass is 707 g/mol. The highest BCUT2D eigenvalue weighted by Crippen LogP contribution is 2.42. The average molecular weight is 708 g/mol. The van der Waals surface area contributed by atoms with Crippen molar-refractivity contribution in [2.75, 3.05) is 31.9 Å². The van der Waals surface area contributed by atoms with E-state index in [1.807, 2.05) is 13.8 Å². The van der Waals surface area contributed by atoms with Gasteiger partial charge in [-0.1, -0.05) is 20.4 Å². The van der Waals surface area contributed by atoms with E-state index in [9.17, 15) is 13.8 Å². The summed E-state index contributed by atoms with van der Waals surface area (Å²) < 4.78 is 51.8. The van der Waals surface area contributed by atoms with Crippen LogP contribution in [0.3, 0.4) is 0 Å². The Balaban J connectivity index is 1.46. The Labute approximate surface area is 290 Å². The van der Waals surface area contributed by atoms with E-state index in [4.69, 9.17) is 6.57 Å². The average Bonchev–Trinajstić information content (AvgIpc) is 3.07. The summed E-state index contributed by atoms with van der Waals surface area (Å²) in [5.74, 6) is -1.01. The van der Waals surface area contributed by atoms with Crippen LogP contribution >= 0.6 is 0 Å². The third-order valence-corrected chi connectivity index (χ3v) is 15.0. The molecule has 14 atom stereocenters. The zero-order valence-electron chi connectivity index (χ0n) is 29.3. The molecule has 6 aliphatic rings. The van der Waals surface area contributed by atoms with Gasteiger partial charge in [0.25, 0.3) is 0 Å². The van der Waals surface area contributed by atoms with E-state index in [2.05, 4.69) is 56.0 Å². The first kappa shape index (κ1) is 36.4. The number of carbonyl (C=O) groups excluding carboxylic acids is 2. The van der Waals surface area contributed by atoms with Gasteiger partial charge in [0, 0.05) is 60.9 Å². The lowest BCUT2D eigenvalue weighted by atomic mass is 9.72. The van der Waals surface area contributed by atoms with Gasteiger partial charge in [0.1, 0.15) is 26.5 Å². The lowest BCUT2D eigenvalue weighted by molar-refractivity contribution is -0.136. The van der Waals surface area contributed by atoms with Crippen LogP contribution < -0.4 is 21.3 Å². The molecule has 0 aromatic heterocycles. The SMILES string of the molecule is [C-]#[N+]N=S1(=O)CCCNC2CCCC(F)C2C2NC3C(CC2F)C(N2C[C@@H](C)N(C(=O)C=C)C[C@@H]2C)NC(=O)N3C2C(C(C)C)NCCC21. The van der Waals surface area contributed by atoms with Crippen molar-refractivity contribution in [3.63, 3.8) is 0 Å². The molecule has 12 unspecified atom stereocenters. The number of amides is 3. The van der Waals surface area contributed by atoms with Gasteiger partial charge in [0.05, 0.1) is 23.6 Å². The first-order valence-electron chi connectivity index (χ1n) is 18.3. The van der Waals surface area contributed by atoms with Crippen molar-refractivity contribution in [3.8, 4) is 0 Å². The minimum absolute atomic E-state index is 0.0355. The van der Waals surface area contributed by atoms with Crippen molar-refractivity contribution >= 4 is 21.7 Å². The second-order valence-electron chi connectivity index (χ2n) is 15.5. The quantitative estimate of drug-likeness (QED) is 0.202. The number of piperidine rings is 2. The molecule has 5 saturated heterocycles. The van der Waals surface area contributed by atoms with Gasteiger partial charge >= 0.3 is 6.03 Å². The third-order valence-electron chi connectivity index (χ3n) is 12.3. The Morgan fingerprint density at radius 2 is 1.86 bits per heavy atom.